The van der Waals surface area contributed by atoms with Crippen LogP contribution >= 0.6 is 0 Å². The summed E-state index contributed by atoms with van der Waals surface area (Å²) in [5.74, 6) is -1.20. The molecule has 0 aliphatic rings. The molecule has 0 aliphatic heterocycles. The summed E-state index contributed by atoms with van der Waals surface area (Å²) < 4.78 is 1.77. The standard InChI is InChI=1S/C15H18N2O2/c1-10-6-4-5-7-12(10)13-9-16-17(3)14(13)8-11(2)15(18)19/h4-7,9,11H,8H2,1-3H3,(H,18,19). The van der Waals surface area contributed by atoms with Crippen molar-refractivity contribution in [2.75, 3.05) is 0 Å². The molecule has 0 fully saturated rings. The van der Waals surface area contributed by atoms with Crippen molar-refractivity contribution in [3.63, 3.8) is 0 Å². The number of nitrogens with zero attached hydrogens (tertiary/aromatic N) is 2. The Hall–Kier alpha value is -2.10. The first-order valence-electron chi connectivity index (χ1n) is 6.30. The lowest BCUT2D eigenvalue weighted by Crippen LogP contribution is -2.15. The van der Waals surface area contributed by atoms with Crippen LogP contribution in [0.3, 0.4) is 0 Å². The lowest BCUT2D eigenvalue weighted by Gasteiger charge is -2.11. The number of hydrogen-bond acceptors (Lipinski definition) is 2. The van der Waals surface area contributed by atoms with Crippen molar-refractivity contribution in [1.29, 1.82) is 0 Å². The number of aromatic nitrogens is 2. The summed E-state index contributed by atoms with van der Waals surface area (Å²) in [5.41, 5.74) is 4.26. The smallest absolute Gasteiger partial charge is 0.306 e. The SMILES string of the molecule is Cc1ccccc1-c1cnn(C)c1CC(C)C(=O)O. The van der Waals surface area contributed by atoms with Gasteiger partial charge in [-0.2, -0.15) is 5.10 Å². The first-order valence-corrected chi connectivity index (χ1v) is 6.30. The van der Waals surface area contributed by atoms with E-state index in [0.717, 1.165) is 16.8 Å². The van der Waals surface area contributed by atoms with Gasteiger partial charge in [0.05, 0.1) is 12.1 Å². The zero-order chi connectivity index (χ0) is 14.0. The number of carboxylic acids is 1. The lowest BCUT2D eigenvalue weighted by atomic mass is 9.96. The molecule has 19 heavy (non-hydrogen) atoms. The minimum absolute atomic E-state index is 0.418. The molecule has 0 spiro atoms. The van der Waals surface area contributed by atoms with Gasteiger partial charge in [0, 0.05) is 24.7 Å². The predicted molar refractivity (Wildman–Crippen MR) is 73.9 cm³/mol. The Balaban J connectivity index is 2.43. The van der Waals surface area contributed by atoms with Crippen molar-refractivity contribution in [1.82, 2.24) is 9.78 Å². The summed E-state index contributed by atoms with van der Waals surface area (Å²) in [6, 6.07) is 8.07. The summed E-state index contributed by atoms with van der Waals surface area (Å²) >= 11 is 0. The number of carboxylic acid groups (broad SMARTS) is 1. The Labute approximate surface area is 112 Å². The van der Waals surface area contributed by atoms with Gasteiger partial charge in [0.1, 0.15) is 0 Å². The fraction of sp³-hybridized carbons (Fsp3) is 0.333. The van der Waals surface area contributed by atoms with E-state index in [0.29, 0.717) is 6.42 Å². The molecule has 1 heterocycles. The van der Waals surface area contributed by atoms with Gasteiger partial charge >= 0.3 is 5.97 Å². The second-order valence-corrected chi connectivity index (χ2v) is 4.89. The van der Waals surface area contributed by atoms with E-state index >= 15 is 0 Å². The summed E-state index contributed by atoms with van der Waals surface area (Å²) in [7, 11) is 1.85. The van der Waals surface area contributed by atoms with Crippen LogP contribution < -0.4 is 0 Å². The second kappa shape index (κ2) is 5.26. The number of aryl methyl sites for hydroxylation is 2. The van der Waals surface area contributed by atoms with Gasteiger partial charge in [0.15, 0.2) is 0 Å². The van der Waals surface area contributed by atoms with Gasteiger partial charge in [-0.3, -0.25) is 9.48 Å². The molecule has 0 saturated carbocycles. The van der Waals surface area contributed by atoms with E-state index in [1.165, 1.54) is 5.56 Å². The molecule has 0 aliphatic carbocycles. The molecule has 1 atom stereocenters. The van der Waals surface area contributed by atoms with Crippen molar-refractivity contribution >= 4 is 5.97 Å². The Morgan fingerprint density at radius 2 is 2.05 bits per heavy atom. The van der Waals surface area contributed by atoms with Gasteiger partial charge in [-0.15, -0.1) is 0 Å². The average molecular weight is 258 g/mol. The van der Waals surface area contributed by atoms with Crippen LogP contribution in [0.2, 0.25) is 0 Å². The predicted octanol–water partition coefficient (Wildman–Crippen LogP) is 2.66. The molecular weight excluding hydrogens is 240 g/mol. The van der Waals surface area contributed by atoms with Crippen LogP contribution in [0.25, 0.3) is 11.1 Å². The summed E-state index contributed by atoms with van der Waals surface area (Å²) in [6.45, 7) is 3.77. The minimum Gasteiger partial charge on any atom is -0.481 e. The highest BCUT2D eigenvalue weighted by molar-refractivity contribution is 5.72. The van der Waals surface area contributed by atoms with Gasteiger partial charge in [-0.1, -0.05) is 31.2 Å². The summed E-state index contributed by atoms with van der Waals surface area (Å²) in [5, 5.41) is 13.3. The van der Waals surface area contributed by atoms with Crippen LogP contribution in [-0.4, -0.2) is 20.9 Å². The average Bonchev–Trinajstić information content (AvgIpc) is 2.72. The van der Waals surface area contributed by atoms with Gasteiger partial charge < -0.3 is 5.11 Å². The third-order valence-electron chi connectivity index (χ3n) is 3.42. The van der Waals surface area contributed by atoms with Crippen molar-refractivity contribution < 1.29 is 9.90 Å². The largest absolute Gasteiger partial charge is 0.481 e. The monoisotopic (exact) mass is 258 g/mol. The van der Waals surface area contributed by atoms with Gasteiger partial charge in [0.2, 0.25) is 0 Å². The van der Waals surface area contributed by atoms with E-state index in [1.807, 2.05) is 44.4 Å². The Morgan fingerprint density at radius 3 is 2.68 bits per heavy atom. The quantitative estimate of drug-likeness (QED) is 0.917. The maximum absolute atomic E-state index is 11.0. The van der Waals surface area contributed by atoms with Crippen molar-refractivity contribution in [2.24, 2.45) is 13.0 Å². The van der Waals surface area contributed by atoms with Gasteiger partial charge in [-0.25, -0.2) is 0 Å². The minimum atomic E-state index is -0.781. The van der Waals surface area contributed by atoms with E-state index < -0.39 is 11.9 Å². The second-order valence-electron chi connectivity index (χ2n) is 4.89. The molecule has 2 aromatic rings. The van der Waals surface area contributed by atoms with Crippen molar-refractivity contribution in [2.45, 2.75) is 20.3 Å². The van der Waals surface area contributed by atoms with E-state index in [2.05, 4.69) is 5.10 Å². The molecule has 4 heteroatoms. The van der Waals surface area contributed by atoms with E-state index in [4.69, 9.17) is 5.11 Å². The van der Waals surface area contributed by atoms with Crippen LogP contribution in [0, 0.1) is 12.8 Å². The van der Waals surface area contributed by atoms with Crippen LogP contribution in [0.1, 0.15) is 18.2 Å². The molecular formula is C15H18N2O2. The Morgan fingerprint density at radius 1 is 1.37 bits per heavy atom. The highest BCUT2D eigenvalue weighted by atomic mass is 16.4. The van der Waals surface area contributed by atoms with Crippen molar-refractivity contribution in [3.05, 3.63) is 41.7 Å². The molecule has 0 bridgehead atoms. The normalized spacial score (nSPS) is 12.4. The number of carbonyl (C=O) groups is 1. The number of rotatable bonds is 4. The molecule has 1 unspecified atom stereocenters. The molecule has 4 nitrogen and oxygen atoms in total. The molecule has 1 aromatic heterocycles. The zero-order valence-corrected chi connectivity index (χ0v) is 11.4. The van der Waals surface area contributed by atoms with E-state index in [-0.39, 0.29) is 0 Å². The topological polar surface area (TPSA) is 55.1 Å². The first-order chi connectivity index (χ1) is 9.00. The molecule has 0 amide bonds. The highest BCUT2D eigenvalue weighted by Crippen LogP contribution is 2.27. The Bertz CT molecular complexity index is 602. The maximum atomic E-state index is 11.0. The highest BCUT2D eigenvalue weighted by Gasteiger charge is 2.18. The maximum Gasteiger partial charge on any atom is 0.306 e. The summed E-state index contributed by atoms with van der Waals surface area (Å²) in [6.07, 6.45) is 2.29. The zero-order valence-electron chi connectivity index (χ0n) is 11.4. The number of hydrogen-bond donors (Lipinski definition) is 1. The number of benzene rings is 1. The number of aliphatic carboxylic acids is 1. The summed E-state index contributed by atoms with van der Waals surface area (Å²) in [4.78, 5) is 11.0. The van der Waals surface area contributed by atoms with Crippen molar-refractivity contribution in [3.8, 4) is 11.1 Å². The molecule has 0 radical (unpaired) electrons. The van der Waals surface area contributed by atoms with Crippen LogP contribution in [-0.2, 0) is 18.3 Å². The van der Waals surface area contributed by atoms with Gasteiger partial charge in [0.25, 0.3) is 0 Å². The van der Waals surface area contributed by atoms with E-state index in [9.17, 15) is 4.79 Å². The van der Waals surface area contributed by atoms with Gasteiger partial charge in [-0.05, 0) is 18.1 Å². The molecule has 1 N–H and O–H groups in total. The van der Waals surface area contributed by atoms with Crippen LogP contribution in [0.15, 0.2) is 30.5 Å². The molecule has 1 aromatic carbocycles. The van der Waals surface area contributed by atoms with Crippen LogP contribution in [0.5, 0.6) is 0 Å². The molecule has 0 saturated heterocycles. The Kier molecular flexibility index (Phi) is 3.69. The third kappa shape index (κ3) is 2.67. The van der Waals surface area contributed by atoms with E-state index in [1.54, 1.807) is 11.6 Å². The molecule has 100 valence electrons. The lowest BCUT2D eigenvalue weighted by molar-refractivity contribution is -0.141. The third-order valence-corrected chi connectivity index (χ3v) is 3.42. The first kappa shape index (κ1) is 13.3. The fourth-order valence-electron chi connectivity index (χ4n) is 2.18. The molecule has 2 rings (SSSR count). The fourth-order valence-corrected chi connectivity index (χ4v) is 2.18. The van der Waals surface area contributed by atoms with Crippen LogP contribution in [0.4, 0.5) is 0 Å².